The lowest BCUT2D eigenvalue weighted by molar-refractivity contribution is -0.142. The number of esters is 1. The van der Waals surface area contributed by atoms with Gasteiger partial charge in [-0.3, -0.25) is 10.2 Å². The number of benzene rings is 2. The highest BCUT2D eigenvalue weighted by Gasteiger charge is 2.08. The summed E-state index contributed by atoms with van der Waals surface area (Å²) in [7, 11) is 1.65. The van der Waals surface area contributed by atoms with Crippen molar-refractivity contribution in [2.45, 2.75) is 13.3 Å². The van der Waals surface area contributed by atoms with Crippen LogP contribution in [-0.4, -0.2) is 30.9 Å². The number of hydrogen-bond donors (Lipinski definition) is 1. The number of nitrogens with one attached hydrogen (secondary N) is 1. The van der Waals surface area contributed by atoms with Crippen LogP contribution in [0.3, 0.4) is 0 Å². The number of anilines is 1. The molecule has 1 N–H and O–H groups in total. The number of rotatable bonds is 7. The maximum Gasteiger partial charge on any atom is 0.311 e. The lowest BCUT2D eigenvalue weighted by Gasteiger charge is -2.07. The highest BCUT2D eigenvalue weighted by molar-refractivity contribution is 7.13. The fourth-order valence-corrected chi connectivity index (χ4v) is 3.23. The average Bonchev–Trinajstić information content (AvgIpc) is 3.08. The Balaban J connectivity index is 1.73. The third kappa shape index (κ3) is 4.18. The van der Waals surface area contributed by atoms with E-state index in [4.69, 9.17) is 9.47 Å². The van der Waals surface area contributed by atoms with Gasteiger partial charge in [0.05, 0.1) is 32.0 Å². The molecular formula is C19H19N3O3S. The SMILES string of the molecule is CCOC(=O)Cc1csc(NN=Cc2cccc3cccc(OC)c23)n1. The molecule has 3 aromatic rings. The van der Waals surface area contributed by atoms with Gasteiger partial charge in [0.15, 0.2) is 0 Å². The first-order valence-electron chi connectivity index (χ1n) is 8.16. The Morgan fingerprint density at radius 2 is 2.12 bits per heavy atom. The predicted octanol–water partition coefficient (Wildman–Crippen LogP) is 3.86. The van der Waals surface area contributed by atoms with Gasteiger partial charge in [0.1, 0.15) is 5.75 Å². The van der Waals surface area contributed by atoms with Gasteiger partial charge in [-0.25, -0.2) is 4.98 Å². The van der Waals surface area contributed by atoms with E-state index in [2.05, 4.69) is 15.5 Å². The first kappa shape index (κ1) is 17.9. The summed E-state index contributed by atoms with van der Waals surface area (Å²) in [5.41, 5.74) is 4.51. The van der Waals surface area contributed by atoms with Crippen LogP contribution in [0.15, 0.2) is 46.9 Å². The minimum absolute atomic E-state index is 0.163. The molecule has 0 unspecified atom stereocenters. The largest absolute Gasteiger partial charge is 0.496 e. The molecular weight excluding hydrogens is 350 g/mol. The summed E-state index contributed by atoms with van der Waals surface area (Å²) in [5.74, 6) is 0.520. The summed E-state index contributed by atoms with van der Waals surface area (Å²) in [6.07, 6.45) is 1.90. The standard InChI is InChI=1S/C19H19N3O3S/c1-3-25-17(23)10-15-12-26-19(21-15)22-20-11-14-8-4-6-13-7-5-9-16(24-2)18(13)14/h4-9,11-12H,3,10H2,1-2H3,(H,21,22). The molecule has 26 heavy (non-hydrogen) atoms. The summed E-state index contributed by atoms with van der Waals surface area (Å²) in [6, 6.07) is 11.9. The zero-order valence-corrected chi connectivity index (χ0v) is 15.4. The lowest BCUT2D eigenvalue weighted by Crippen LogP contribution is -2.07. The number of fused-ring (bicyclic) bond motifs is 1. The number of thiazole rings is 1. The van der Waals surface area contributed by atoms with Crippen LogP contribution in [0, 0.1) is 0 Å². The van der Waals surface area contributed by atoms with E-state index < -0.39 is 0 Å². The smallest absolute Gasteiger partial charge is 0.311 e. The maximum absolute atomic E-state index is 11.5. The molecule has 0 aliphatic carbocycles. The third-order valence-electron chi connectivity index (χ3n) is 3.66. The van der Waals surface area contributed by atoms with Gasteiger partial charge < -0.3 is 9.47 Å². The molecule has 6 nitrogen and oxygen atoms in total. The van der Waals surface area contributed by atoms with Crippen molar-refractivity contribution in [2.75, 3.05) is 19.1 Å². The number of carbonyl (C=O) groups is 1. The number of hydrazone groups is 1. The van der Waals surface area contributed by atoms with Crippen molar-refractivity contribution in [1.82, 2.24) is 4.98 Å². The molecule has 2 aromatic carbocycles. The summed E-state index contributed by atoms with van der Waals surface area (Å²) >= 11 is 1.39. The minimum atomic E-state index is -0.282. The van der Waals surface area contributed by atoms with Crippen LogP contribution >= 0.6 is 11.3 Å². The average molecular weight is 369 g/mol. The first-order valence-corrected chi connectivity index (χ1v) is 9.04. The van der Waals surface area contributed by atoms with Crippen molar-refractivity contribution in [1.29, 1.82) is 0 Å². The molecule has 0 saturated heterocycles. The quantitative estimate of drug-likeness (QED) is 0.389. The van der Waals surface area contributed by atoms with E-state index in [1.165, 1.54) is 11.3 Å². The van der Waals surface area contributed by atoms with Gasteiger partial charge in [0.25, 0.3) is 0 Å². The van der Waals surface area contributed by atoms with Crippen LogP contribution in [-0.2, 0) is 16.0 Å². The Bertz CT molecular complexity index is 931. The highest BCUT2D eigenvalue weighted by atomic mass is 32.1. The van der Waals surface area contributed by atoms with Crippen LogP contribution in [0.4, 0.5) is 5.13 Å². The third-order valence-corrected chi connectivity index (χ3v) is 4.46. The van der Waals surface area contributed by atoms with Gasteiger partial charge in [0.2, 0.25) is 5.13 Å². The Morgan fingerprint density at radius 1 is 1.31 bits per heavy atom. The van der Waals surface area contributed by atoms with Crippen molar-refractivity contribution in [3.63, 3.8) is 0 Å². The van der Waals surface area contributed by atoms with E-state index in [0.717, 1.165) is 22.1 Å². The molecule has 0 aliphatic heterocycles. The van der Waals surface area contributed by atoms with Crippen molar-refractivity contribution >= 4 is 39.4 Å². The second-order valence-electron chi connectivity index (χ2n) is 5.40. The maximum atomic E-state index is 11.5. The minimum Gasteiger partial charge on any atom is -0.496 e. The van der Waals surface area contributed by atoms with E-state index in [9.17, 15) is 4.79 Å². The molecule has 0 aliphatic rings. The summed E-state index contributed by atoms with van der Waals surface area (Å²) in [5, 5.41) is 8.79. The number of ether oxygens (including phenoxy) is 2. The zero-order chi connectivity index (χ0) is 18.4. The zero-order valence-electron chi connectivity index (χ0n) is 14.6. The second-order valence-corrected chi connectivity index (χ2v) is 6.26. The monoisotopic (exact) mass is 369 g/mol. The molecule has 1 heterocycles. The van der Waals surface area contributed by atoms with Gasteiger partial charge in [-0.1, -0.05) is 30.3 Å². The predicted molar refractivity (Wildman–Crippen MR) is 104 cm³/mol. The molecule has 0 spiro atoms. The van der Waals surface area contributed by atoms with Crippen LogP contribution in [0.5, 0.6) is 5.75 Å². The number of nitrogens with zero attached hydrogens (tertiary/aromatic N) is 2. The Hall–Kier alpha value is -2.93. The Morgan fingerprint density at radius 3 is 2.88 bits per heavy atom. The normalized spacial score (nSPS) is 11.0. The van der Waals surface area contributed by atoms with Gasteiger partial charge in [-0.05, 0) is 18.4 Å². The summed E-state index contributed by atoms with van der Waals surface area (Å²) in [6.45, 7) is 2.15. The van der Waals surface area contributed by atoms with E-state index in [1.54, 1.807) is 20.2 Å². The van der Waals surface area contributed by atoms with Crippen molar-refractivity contribution in [3.8, 4) is 5.75 Å². The van der Waals surface area contributed by atoms with Crippen molar-refractivity contribution in [2.24, 2.45) is 5.10 Å². The fraction of sp³-hybridized carbons (Fsp3) is 0.211. The number of aromatic nitrogens is 1. The molecule has 0 fully saturated rings. The lowest BCUT2D eigenvalue weighted by atomic mass is 10.0. The Labute approximate surface area is 155 Å². The molecule has 0 amide bonds. The molecule has 0 atom stereocenters. The topological polar surface area (TPSA) is 72.8 Å². The highest BCUT2D eigenvalue weighted by Crippen LogP contribution is 2.28. The summed E-state index contributed by atoms with van der Waals surface area (Å²) in [4.78, 5) is 15.8. The van der Waals surface area contributed by atoms with E-state index in [-0.39, 0.29) is 12.4 Å². The summed E-state index contributed by atoms with van der Waals surface area (Å²) < 4.78 is 10.4. The number of hydrogen-bond acceptors (Lipinski definition) is 7. The first-order chi connectivity index (χ1) is 12.7. The van der Waals surface area contributed by atoms with Crippen LogP contribution < -0.4 is 10.2 Å². The fourth-order valence-electron chi connectivity index (χ4n) is 2.57. The van der Waals surface area contributed by atoms with E-state index >= 15 is 0 Å². The number of methoxy groups -OCH3 is 1. The van der Waals surface area contributed by atoms with E-state index in [1.807, 2.05) is 41.8 Å². The Kier molecular flexibility index (Phi) is 5.80. The molecule has 7 heteroatoms. The molecule has 3 rings (SSSR count). The van der Waals surface area contributed by atoms with Crippen molar-refractivity contribution < 1.29 is 14.3 Å². The molecule has 134 valence electrons. The van der Waals surface area contributed by atoms with Gasteiger partial charge in [0, 0.05) is 16.3 Å². The van der Waals surface area contributed by atoms with Crippen LogP contribution in [0.1, 0.15) is 18.2 Å². The second kappa shape index (κ2) is 8.44. The molecule has 1 aromatic heterocycles. The van der Waals surface area contributed by atoms with Crippen LogP contribution in [0.25, 0.3) is 10.8 Å². The molecule has 0 radical (unpaired) electrons. The number of carbonyl (C=O) groups excluding carboxylic acids is 1. The van der Waals surface area contributed by atoms with Gasteiger partial charge in [-0.15, -0.1) is 11.3 Å². The van der Waals surface area contributed by atoms with Crippen molar-refractivity contribution in [3.05, 3.63) is 53.0 Å². The van der Waals surface area contributed by atoms with Crippen LogP contribution in [0.2, 0.25) is 0 Å². The van der Waals surface area contributed by atoms with Gasteiger partial charge in [-0.2, -0.15) is 5.10 Å². The van der Waals surface area contributed by atoms with E-state index in [0.29, 0.717) is 17.4 Å². The molecule has 0 saturated carbocycles. The molecule has 0 bridgehead atoms. The van der Waals surface area contributed by atoms with Gasteiger partial charge >= 0.3 is 5.97 Å².